The molecule has 0 fully saturated rings. The molecule has 0 unspecified atom stereocenters. The van der Waals surface area contributed by atoms with Gasteiger partial charge in [-0.1, -0.05) is 12.1 Å². The Morgan fingerprint density at radius 2 is 2.06 bits per heavy atom. The molecular weight excluding hydrogens is 254 g/mol. The third kappa shape index (κ3) is 2.78. The zero-order chi connectivity index (χ0) is 13.0. The predicted octanol–water partition coefficient (Wildman–Crippen LogP) is 3.29. The Morgan fingerprint density at radius 3 is 2.72 bits per heavy atom. The highest BCUT2D eigenvalue weighted by molar-refractivity contribution is 7.98. The van der Waals surface area contributed by atoms with Crippen LogP contribution in [0.3, 0.4) is 0 Å². The van der Waals surface area contributed by atoms with E-state index >= 15 is 0 Å². The molecule has 0 aliphatic heterocycles. The van der Waals surface area contributed by atoms with Gasteiger partial charge in [-0.25, -0.2) is 0 Å². The average molecular weight is 263 g/mol. The first-order chi connectivity index (χ1) is 8.70. The molecule has 92 valence electrons. The fourth-order valence-electron chi connectivity index (χ4n) is 1.41. The van der Waals surface area contributed by atoms with Crippen LogP contribution in [0, 0.1) is 10.1 Å². The first-order valence-corrected chi connectivity index (χ1v) is 6.09. The minimum absolute atomic E-state index is 0.0738. The van der Waals surface area contributed by atoms with Gasteiger partial charge >= 0.3 is 0 Å². The van der Waals surface area contributed by atoms with Gasteiger partial charge < -0.3 is 4.42 Å². The number of hydrogen-bond acceptors (Lipinski definition) is 5. The maximum Gasteiger partial charge on any atom is 0.282 e. The average Bonchev–Trinajstić information content (AvgIpc) is 2.84. The molecule has 0 amide bonds. The van der Waals surface area contributed by atoms with Crippen molar-refractivity contribution in [3.63, 3.8) is 0 Å². The Bertz CT molecular complexity index is 579. The molecule has 6 heteroatoms. The molecule has 0 aliphatic rings. The van der Waals surface area contributed by atoms with Gasteiger partial charge in [0.2, 0.25) is 0 Å². The largest absolute Gasteiger partial charge is 0.457 e. The van der Waals surface area contributed by atoms with Gasteiger partial charge in [0.05, 0.1) is 15.6 Å². The van der Waals surface area contributed by atoms with Gasteiger partial charge in [-0.15, -0.1) is 11.8 Å². The summed E-state index contributed by atoms with van der Waals surface area (Å²) in [6, 6.07) is 9.77. The van der Waals surface area contributed by atoms with Gasteiger partial charge in [-0.3, -0.25) is 14.9 Å². The number of hydrogen-bond donors (Lipinski definition) is 0. The van der Waals surface area contributed by atoms with Gasteiger partial charge in [0.15, 0.2) is 12.0 Å². The number of nitro groups is 1. The maximum atomic E-state index is 10.8. The standard InChI is InChI=1S/C12H9NO4S/c14-7-9-5-6-10(17-9)8-18-12-4-2-1-3-11(12)13(15)16/h1-7H,8H2. The highest BCUT2D eigenvalue weighted by Crippen LogP contribution is 2.31. The van der Waals surface area contributed by atoms with E-state index in [1.165, 1.54) is 17.8 Å². The first kappa shape index (κ1) is 12.4. The molecule has 2 aromatic rings. The van der Waals surface area contributed by atoms with Crippen molar-refractivity contribution in [1.82, 2.24) is 0 Å². The van der Waals surface area contributed by atoms with E-state index in [-0.39, 0.29) is 11.4 Å². The Balaban J connectivity index is 2.10. The molecule has 0 saturated heterocycles. The molecule has 0 N–H and O–H groups in total. The van der Waals surface area contributed by atoms with E-state index in [1.54, 1.807) is 30.3 Å². The molecule has 0 radical (unpaired) electrons. The zero-order valence-electron chi connectivity index (χ0n) is 9.24. The Hall–Kier alpha value is -2.08. The number of furan rings is 1. The molecular formula is C12H9NO4S. The third-order valence-electron chi connectivity index (χ3n) is 2.23. The van der Waals surface area contributed by atoms with Crippen LogP contribution >= 0.6 is 11.8 Å². The number of nitrogens with zero attached hydrogens (tertiary/aromatic N) is 1. The van der Waals surface area contributed by atoms with Gasteiger partial charge in [-0.05, 0) is 18.2 Å². The van der Waals surface area contributed by atoms with Gasteiger partial charge in [0, 0.05) is 6.07 Å². The second kappa shape index (κ2) is 5.50. The van der Waals surface area contributed by atoms with E-state index in [2.05, 4.69) is 0 Å². The number of carbonyl (C=O) groups excluding carboxylic acids is 1. The van der Waals surface area contributed by atoms with Crippen molar-refractivity contribution in [2.24, 2.45) is 0 Å². The highest BCUT2D eigenvalue weighted by atomic mass is 32.2. The molecule has 0 atom stereocenters. The van der Waals surface area contributed by atoms with Crippen LogP contribution in [0.25, 0.3) is 0 Å². The van der Waals surface area contributed by atoms with Crippen LogP contribution in [0.5, 0.6) is 0 Å². The minimum atomic E-state index is -0.415. The number of thioether (sulfide) groups is 1. The van der Waals surface area contributed by atoms with E-state index in [9.17, 15) is 14.9 Å². The van der Waals surface area contributed by atoms with Crippen LogP contribution < -0.4 is 0 Å². The number of benzene rings is 1. The lowest BCUT2D eigenvalue weighted by atomic mass is 10.3. The summed E-state index contributed by atoms with van der Waals surface area (Å²) in [5.41, 5.74) is 0.0738. The summed E-state index contributed by atoms with van der Waals surface area (Å²) in [4.78, 5) is 21.4. The monoisotopic (exact) mass is 263 g/mol. The smallest absolute Gasteiger partial charge is 0.282 e. The normalized spacial score (nSPS) is 10.2. The van der Waals surface area contributed by atoms with Crippen molar-refractivity contribution < 1.29 is 14.1 Å². The van der Waals surface area contributed by atoms with E-state index in [0.717, 1.165) is 0 Å². The van der Waals surface area contributed by atoms with Crippen molar-refractivity contribution in [1.29, 1.82) is 0 Å². The molecule has 18 heavy (non-hydrogen) atoms. The number of carbonyl (C=O) groups is 1. The van der Waals surface area contributed by atoms with Crippen LogP contribution in [-0.4, -0.2) is 11.2 Å². The summed E-state index contributed by atoms with van der Waals surface area (Å²) in [5, 5.41) is 10.8. The lowest BCUT2D eigenvalue weighted by molar-refractivity contribution is -0.387. The number of aldehydes is 1. The summed E-state index contributed by atoms with van der Waals surface area (Å²) in [5.74, 6) is 1.31. The Labute approximate surface area is 107 Å². The molecule has 2 rings (SSSR count). The summed E-state index contributed by atoms with van der Waals surface area (Å²) in [6.45, 7) is 0. The second-order valence-corrected chi connectivity index (χ2v) is 4.45. The van der Waals surface area contributed by atoms with Crippen molar-refractivity contribution in [2.45, 2.75) is 10.6 Å². The fraction of sp³-hybridized carbons (Fsp3) is 0.0833. The SMILES string of the molecule is O=Cc1ccc(CSc2ccccc2[N+](=O)[O-])o1. The minimum Gasteiger partial charge on any atom is -0.457 e. The van der Waals surface area contributed by atoms with Crippen molar-refractivity contribution in [3.05, 3.63) is 58.0 Å². The molecule has 0 spiro atoms. The van der Waals surface area contributed by atoms with Crippen LogP contribution in [-0.2, 0) is 5.75 Å². The van der Waals surface area contributed by atoms with Crippen molar-refractivity contribution in [3.8, 4) is 0 Å². The van der Waals surface area contributed by atoms with Crippen LogP contribution in [0.2, 0.25) is 0 Å². The third-order valence-corrected chi connectivity index (χ3v) is 3.32. The lowest BCUT2D eigenvalue weighted by Gasteiger charge is -2.00. The predicted molar refractivity (Wildman–Crippen MR) is 66.8 cm³/mol. The van der Waals surface area contributed by atoms with Crippen molar-refractivity contribution in [2.75, 3.05) is 0 Å². The number of rotatable bonds is 5. The molecule has 5 nitrogen and oxygen atoms in total. The summed E-state index contributed by atoms with van der Waals surface area (Å²) in [6.07, 6.45) is 0.624. The molecule has 1 heterocycles. The first-order valence-electron chi connectivity index (χ1n) is 5.11. The molecule has 0 aliphatic carbocycles. The van der Waals surface area contributed by atoms with E-state index in [4.69, 9.17) is 4.42 Å². The maximum absolute atomic E-state index is 10.8. The fourth-order valence-corrected chi connectivity index (χ4v) is 2.33. The van der Waals surface area contributed by atoms with Gasteiger partial charge in [-0.2, -0.15) is 0 Å². The second-order valence-electron chi connectivity index (χ2n) is 3.44. The van der Waals surface area contributed by atoms with Crippen LogP contribution in [0.1, 0.15) is 16.3 Å². The number of nitro benzene ring substituents is 1. The number of para-hydroxylation sites is 1. The van der Waals surface area contributed by atoms with E-state index < -0.39 is 4.92 Å². The lowest BCUT2D eigenvalue weighted by Crippen LogP contribution is -1.90. The summed E-state index contributed by atoms with van der Waals surface area (Å²) >= 11 is 1.30. The summed E-state index contributed by atoms with van der Waals surface area (Å²) in [7, 11) is 0. The molecule has 1 aromatic heterocycles. The topological polar surface area (TPSA) is 73.3 Å². The Kier molecular flexibility index (Phi) is 3.78. The van der Waals surface area contributed by atoms with Crippen molar-refractivity contribution >= 4 is 23.7 Å². The Morgan fingerprint density at radius 1 is 1.28 bits per heavy atom. The zero-order valence-corrected chi connectivity index (χ0v) is 10.1. The van der Waals surface area contributed by atoms with Gasteiger partial charge in [0.1, 0.15) is 5.76 Å². The quantitative estimate of drug-likeness (QED) is 0.358. The van der Waals surface area contributed by atoms with E-state index in [0.29, 0.717) is 22.7 Å². The molecule has 0 bridgehead atoms. The van der Waals surface area contributed by atoms with Gasteiger partial charge in [0.25, 0.3) is 5.69 Å². The van der Waals surface area contributed by atoms with Crippen LogP contribution in [0.15, 0.2) is 45.7 Å². The summed E-state index contributed by atoms with van der Waals surface area (Å²) < 4.78 is 5.20. The molecule has 1 aromatic carbocycles. The molecule has 0 saturated carbocycles. The van der Waals surface area contributed by atoms with Crippen LogP contribution in [0.4, 0.5) is 5.69 Å². The highest BCUT2D eigenvalue weighted by Gasteiger charge is 2.13. The van der Waals surface area contributed by atoms with E-state index in [1.807, 2.05) is 0 Å².